The Hall–Kier alpha value is -3.37. The number of methoxy groups -OCH3 is 1. The number of carbonyl (C=O) groups excluding carboxylic acids is 2. The van der Waals surface area contributed by atoms with Crippen LogP contribution in [0.1, 0.15) is 5.56 Å². The fourth-order valence-electron chi connectivity index (χ4n) is 2.09. The molecule has 0 aliphatic carbocycles. The van der Waals surface area contributed by atoms with E-state index in [1.165, 1.54) is 49.6 Å². The molecule has 148 valence electrons. The summed E-state index contributed by atoms with van der Waals surface area (Å²) in [5.41, 5.74) is 0.773. The molecular weight excluding hydrogens is 388 g/mol. The molecule has 0 spiro atoms. The van der Waals surface area contributed by atoms with Crippen molar-refractivity contribution in [3.8, 4) is 11.5 Å². The Morgan fingerprint density at radius 2 is 1.96 bits per heavy atom. The van der Waals surface area contributed by atoms with Gasteiger partial charge in [0, 0.05) is 11.8 Å². The molecule has 0 aliphatic heterocycles. The number of aromatic hydroxyl groups is 1. The van der Waals surface area contributed by atoms with Gasteiger partial charge in [0.15, 0.2) is 18.1 Å². The molecule has 1 amide bonds. The third-order valence-electron chi connectivity index (χ3n) is 3.41. The number of esters is 1. The number of hydrogen-bond acceptors (Lipinski definition) is 7. The molecule has 0 aliphatic rings. The van der Waals surface area contributed by atoms with Gasteiger partial charge in [0.25, 0.3) is 5.91 Å². The molecule has 9 nitrogen and oxygen atoms in total. The predicted octanol–water partition coefficient (Wildman–Crippen LogP) is 1.24. The third-order valence-corrected chi connectivity index (χ3v) is 4.32. The smallest absolute Gasteiger partial charge is 0.331 e. The van der Waals surface area contributed by atoms with Crippen molar-refractivity contribution in [2.45, 2.75) is 4.90 Å². The van der Waals surface area contributed by atoms with E-state index in [0.717, 1.165) is 6.08 Å². The first-order valence-corrected chi connectivity index (χ1v) is 9.38. The van der Waals surface area contributed by atoms with Crippen LogP contribution in [0.3, 0.4) is 0 Å². The molecule has 0 bridgehead atoms. The van der Waals surface area contributed by atoms with Crippen molar-refractivity contribution in [3.05, 3.63) is 54.1 Å². The fourth-order valence-corrected chi connectivity index (χ4v) is 2.65. The first-order valence-electron chi connectivity index (χ1n) is 7.83. The van der Waals surface area contributed by atoms with Crippen LogP contribution in [0, 0.1) is 0 Å². The summed E-state index contributed by atoms with van der Waals surface area (Å²) in [4.78, 5) is 23.4. The monoisotopic (exact) mass is 406 g/mol. The maximum absolute atomic E-state index is 11.8. The molecule has 2 aromatic carbocycles. The van der Waals surface area contributed by atoms with Crippen molar-refractivity contribution in [1.82, 2.24) is 0 Å². The number of nitrogens with one attached hydrogen (secondary N) is 1. The zero-order valence-corrected chi connectivity index (χ0v) is 15.6. The summed E-state index contributed by atoms with van der Waals surface area (Å²) in [7, 11) is -2.50. The Labute approximate surface area is 161 Å². The van der Waals surface area contributed by atoms with Crippen molar-refractivity contribution >= 4 is 33.7 Å². The standard InChI is InChI=1S/C18H18N2O7S/c1-26-16-9-12(5-7-15(16)21)6-8-18(23)27-11-17(22)20-13-3-2-4-14(10-13)28(19,24)25/h2-10,21H,11H2,1H3,(H,20,22)(H2,19,24,25)/b8-6+. The Morgan fingerprint density at radius 1 is 1.21 bits per heavy atom. The number of phenols is 1. The molecule has 0 fully saturated rings. The van der Waals surface area contributed by atoms with Crippen molar-refractivity contribution in [2.24, 2.45) is 5.14 Å². The molecule has 28 heavy (non-hydrogen) atoms. The van der Waals surface area contributed by atoms with Crippen molar-refractivity contribution < 1.29 is 32.6 Å². The first-order chi connectivity index (χ1) is 13.2. The number of benzene rings is 2. The van der Waals surface area contributed by atoms with E-state index in [0.29, 0.717) is 5.56 Å². The highest BCUT2D eigenvalue weighted by molar-refractivity contribution is 7.89. The fraction of sp³-hybridized carbons (Fsp3) is 0.111. The van der Waals surface area contributed by atoms with E-state index in [1.54, 1.807) is 6.07 Å². The lowest BCUT2D eigenvalue weighted by atomic mass is 10.2. The molecular formula is C18H18N2O7S. The highest BCUT2D eigenvalue weighted by Gasteiger charge is 2.10. The zero-order chi connectivity index (χ0) is 20.7. The van der Waals surface area contributed by atoms with E-state index in [2.05, 4.69) is 5.32 Å². The van der Waals surface area contributed by atoms with Crippen LogP contribution in [0.5, 0.6) is 11.5 Å². The van der Waals surface area contributed by atoms with Gasteiger partial charge < -0.3 is 19.9 Å². The number of carbonyl (C=O) groups is 2. The van der Waals surface area contributed by atoms with E-state index in [1.807, 2.05) is 0 Å². The van der Waals surface area contributed by atoms with E-state index in [-0.39, 0.29) is 22.1 Å². The Morgan fingerprint density at radius 3 is 2.64 bits per heavy atom. The van der Waals surface area contributed by atoms with Crippen molar-refractivity contribution in [3.63, 3.8) is 0 Å². The van der Waals surface area contributed by atoms with Gasteiger partial charge in [-0.15, -0.1) is 0 Å². The van der Waals surface area contributed by atoms with Gasteiger partial charge in [-0.1, -0.05) is 12.1 Å². The Balaban J connectivity index is 1.90. The Kier molecular flexibility index (Phi) is 6.74. The average molecular weight is 406 g/mol. The normalized spacial score (nSPS) is 11.2. The number of ether oxygens (including phenoxy) is 2. The topological polar surface area (TPSA) is 145 Å². The molecule has 0 unspecified atom stereocenters. The molecule has 2 rings (SSSR count). The van der Waals surface area contributed by atoms with Crippen LogP contribution < -0.4 is 15.2 Å². The van der Waals surface area contributed by atoms with Crippen LogP contribution in [0.25, 0.3) is 6.08 Å². The summed E-state index contributed by atoms with van der Waals surface area (Å²) in [6, 6.07) is 9.84. The molecule has 4 N–H and O–H groups in total. The van der Waals surface area contributed by atoms with Gasteiger partial charge >= 0.3 is 5.97 Å². The number of nitrogens with two attached hydrogens (primary N) is 1. The van der Waals surface area contributed by atoms with Crippen LogP contribution in [-0.2, 0) is 24.3 Å². The lowest BCUT2D eigenvalue weighted by molar-refractivity contribution is -0.142. The first kappa shape index (κ1) is 20.9. The number of amides is 1. The molecule has 0 saturated heterocycles. The molecule has 0 radical (unpaired) electrons. The van der Waals surface area contributed by atoms with Gasteiger partial charge in [0.2, 0.25) is 10.0 Å². The van der Waals surface area contributed by atoms with Crippen LogP contribution in [0.2, 0.25) is 0 Å². The number of anilines is 1. The summed E-state index contributed by atoms with van der Waals surface area (Å²) in [6.45, 7) is -0.568. The summed E-state index contributed by atoms with van der Waals surface area (Å²) in [5.74, 6) is -1.21. The summed E-state index contributed by atoms with van der Waals surface area (Å²) in [6.07, 6.45) is 2.54. The van der Waals surface area contributed by atoms with E-state index < -0.39 is 28.5 Å². The van der Waals surface area contributed by atoms with Gasteiger partial charge in [0.1, 0.15) is 0 Å². The highest BCUT2D eigenvalue weighted by atomic mass is 32.2. The number of phenolic OH excluding ortho intramolecular Hbond substituents is 1. The maximum Gasteiger partial charge on any atom is 0.331 e. The number of hydrogen-bond donors (Lipinski definition) is 3. The maximum atomic E-state index is 11.8. The third kappa shape index (κ3) is 6.11. The predicted molar refractivity (Wildman–Crippen MR) is 101 cm³/mol. The second-order valence-corrected chi connectivity index (χ2v) is 7.05. The Bertz CT molecular complexity index is 1020. The van der Waals surface area contributed by atoms with Crippen molar-refractivity contribution in [2.75, 3.05) is 19.0 Å². The summed E-state index contributed by atoms with van der Waals surface area (Å²) >= 11 is 0. The molecule has 2 aromatic rings. The molecule has 0 heterocycles. The lowest BCUT2D eigenvalue weighted by Gasteiger charge is -2.07. The number of sulfonamides is 1. The SMILES string of the molecule is COc1cc(/C=C/C(=O)OCC(=O)Nc2cccc(S(N)(=O)=O)c2)ccc1O. The second-order valence-electron chi connectivity index (χ2n) is 5.49. The number of primary sulfonamides is 1. The highest BCUT2D eigenvalue weighted by Crippen LogP contribution is 2.26. The van der Waals surface area contributed by atoms with Gasteiger partial charge in [-0.3, -0.25) is 4.79 Å². The zero-order valence-electron chi connectivity index (χ0n) is 14.8. The average Bonchev–Trinajstić information content (AvgIpc) is 2.65. The van der Waals surface area contributed by atoms with E-state index in [9.17, 15) is 23.1 Å². The van der Waals surface area contributed by atoms with Gasteiger partial charge in [-0.25, -0.2) is 18.4 Å². The second kappa shape index (κ2) is 9.02. The number of rotatable bonds is 7. The molecule has 10 heteroatoms. The summed E-state index contributed by atoms with van der Waals surface area (Å²) < 4.78 is 32.4. The van der Waals surface area contributed by atoms with Gasteiger partial charge in [-0.05, 0) is 42.0 Å². The van der Waals surface area contributed by atoms with Crippen LogP contribution in [0.15, 0.2) is 53.4 Å². The van der Waals surface area contributed by atoms with Crippen LogP contribution in [0.4, 0.5) is 5.69 Å². The lowest BCUT2D eigenvalue weighted by Crippen LogP contribution is -2.20. The summed E-state index contributed by atoms with van der Waals surface area (Å²) in [5, 5.41) is 16.9. The van der Waals surface area contributed by atoms with Gasteiger partial charge in [-0.2, -0.15) is 0 Å². The van der Waals surface area contributed by atoms with Gasteiger partial charge in [0.05, 0.1) is 12.0 Å². The largest absolute Gasteiger partial charge is 0.504 e. The quantitative estimate of drug-likeness (QED) is 0.463. The molecule has 0 atom stereocenters. The van der Waals surface area contributed by atoms with Crippen molar-refractivity contribution in [1.29, 1.82) is 0 Å². The molecule has 0 aromatic heterocycles. The van der Waals surface area contributed by atoms with E-state index >= 15 is 0 Å². The van der Waals surface area contributed by atoms with E-state index in [4.69, 9.17) is 14.6 Å². The van der Waals surface area contributed by atoms with Crippen LogP contribution >= 0.6 is 0 Å². The minimum Gasteiger partial charge on any atom is -0.504 e. The minimum atomic E-state index is -3.90. The van der Waals surface area contributed by atoms with Crippen LogP contribution in [-0.4, -0.2) is 39.1 Å². The minimum absolute atomic E-state index is 0.0367. The molecule has 0 saturated carbocycles.